The number of carbonyl (C=O) groups excluding carboxylic acids is 1. The zero-order chi connectivity index (χ0) is 14.4. The minimum atomic E-state index is -0.356. The third kappa shape index (κ3) is 4.85. The Balaban J connectivity index is 0.00000220. The molecule has 1 aromatic heterocycles. The van der Waals surface area contributed by atoms with Gasteiger partial charge >= 0.3 is 0 Å². The zero-order valence-corrected chi connectivity index (χ0v) is 12.8. The maximum atomic E-state index is 11.7. The average Bonchev–Trinajstić information content (AvgIpc) is 2.49. The SMILES string of the molecule is COc1cccc(/C=N/NC(=O)c2ccncc2)c1O.O.[Mn]. The molecule has 0 bridgehead atoms. The molecular formula is C14H15MnN3O4. The number of aromatic nitrogens is 1. The fraction of sp³-hybridized carbons (Fsp3) is 0.0714. The Hall–Kier alpha value is -2.41. The molecule has 1 aromatic carbocycles. The largest absolute Gasteiger partial charge is 0.504 e. The Morgan fingerprint density at radius 3 is 2.64 bits per heavy atom. The van der Waals surface area contributed by atoms with Gasteiger partial charge in [-0.15, -0.1) is 0 Å². The molecule has 0 atom stereocenters. The molecule has 8 heteroatoms. The number of rotatable bonds is 4. The van der Waals surface area contributed by atoms with Crippen LogP contribution in [0.15, 0.2) is 47.8 Å². The van der Waals surface area contributed by atoms with Crippen molar-refractivity contribution in [3.63, 3.8) is 0 Å². The maximum absolute atomic E-state index is 11.7. The molecule has 0 aliphatic heterocycles. The van der Waals surface area contributed by atoms with E-state index in [1.807, 2.05) is 0 Å². The van der Waals surface area contributed by atoms with Gasteiger partial charge in [0.25, 0.3) is 5.91 Å². The molecule has 2 rings (SSSR count). The van der Waals surface area contributed by atoms with Crippen molar-refractivity contribution >= 4 is 12.1 Å². The number of phenolic OH excluding ortho intramolecular Hbond substituents is 1. The number of para-hydroxylation sites is 1. The molecule has 0 aliphatic rings. The van der Waals surface area contributed by atoms with Crippen molar-refractivity contribution in [3.05, 3.63) is 53.9 Å². The van der Waals surface area contributed by atoms with Gasteiger partial charge in [0.05, 0.1) is 13.3 Å². The van der Waals surface area contributed by atoms with Crippen molar-refractivity contribution in [1.29, 1.82) is 0 Å². The van der Waals surface area contributed by atoms with Gasteiger partial charge in [0, 0.05) is 40.6 Å². The first kappa shape index (κ1) is 19.6. The molecule has 22 heavy (non-hydrogen) atoms. The standard InChI is InChI=1S/C14H13N3O3.Mn.H2O/c1-20-12-4-2-3-11(13(12)18)9-16-17-14(19)10-5-7-15-8-6-10;;/h2-9,18H,1H3,(H,17,19);;1H2/b16-9+;;. The van der Waals surface area contributed by atoms with Gasteiger partial charge in [-0.05, 0) is 24.3 Å². The quantitative estimate of drug-likeness (QED) is 0.483. The number of aromatic hydroxyl groups is 1. The fourth-order valence-electron chi connectivity index (χ4n) is 1.54. The van der Waals surface area contributed by atoms with Crippen LogP contribution < -0.4 is 10.2 Å². The van der Waals surface area contributed by atoms with Crippen LogP contribution in [0.3, 0.4) is 0 Å². The molecule has 0 saturated heterocycles. The van der Waals surface area contributed by atoms with Crippen LogP contribution in [-0.4, -0.2) is 34.8 Å². The molecule has 0 saturated carbocycles. The van der Waals surface area contributed by atoms with E-state index in [2.05, 4.69) is 15.5 Å². The predicted octanol–water partition coefficient (Wildman–Crippen LogP) is 0.732. The van der Waals surface area contributed by atoms with Crippen LogP contribution >= 0.6 is 0 Å². The van der Waals surface area contributed by atoms with Crippen molar-refractivity contribution in [3.8, 4) is 11.5 Å². The second kappa shape index (κ2) is 9.51. The second-order valence-electron chi connectivity index (χ2n) is 3.83. The summed E-state index contributed by atoms with van der Waals surface area (Å²) in [6.07, 6.45) is 4.38. The van der Waals surface area contributed by atoms with E-state index in [0.29, 0.717) is 16.9 Å². The molecule has 7 nitrogen and oxygen atoms in total. The number of pyridine rings is 1. The summed E-state index contributed by atoms with van der Waals surface area (Å²) in [4.78, 5) is 15.5. The zero-order valence-electron chi connectivity index (χ0n) is 11.7. The molecule has 1 amide bonds. The average molecular weight is 344 g/mol. The first-order chi connectivity index (χ1) is 9.72. The van der Waals surface area contributed by atoms with Crippen molar-refractivity contribution in [1.82, 2.24) is 10.4 Å². The Morgan fingerprint density at radius 2 is 2.00 bits per heavy atom. The smallest absolute Gasteiger partial charge is 0.271 e. The number of nitrogens with zero attached hydrogens (tertiary/aromatic N) is 2. The molecule has 0 aliphatic carbocycles. The van der Waals surface area contributed by atoms with Crippen LogP contribution in [0.5, 0.6) is 11.5 Å². The normalized spacial score (nSPS) is 9.50. The number of carbonyl (C=O) groups is 1. The van der Waals surface area contributed by atoms with Gasteiger partial charge in [0.1, 0.15) is 0 Å². The summed E-state index contributed by atoms with van der Waals surface area (Å²) >= 11 is 0. The molecular weight excluding hydrogens is 329 g/mol. The first-order valence-electron chi connectivity index (χ1n) is 5.82. The summed E-state index contributed by atoms with van der Waals surface area (Å²) in [5, 5.41) is 13.6. The van der Waals surface area contributed by atoms with Crippen molar-refractivity contribution < 1.29 is 37.2 Å². The van der Waals surface area contributed by atoms with Crippen LogP contribution in [0.1, 0.15) is 15.9 Å². The summed E-state index contributed by atoms with van der Waals surface area (Å²) in [5.74, 6) is -0.0441. The predicted molar refractivity (Wildman–Crippen MR) is 77.6 cm³/mol. The molecule has 4 N–H and O–H groups in total. The summed E-state index contributed by atoms with van der Waals surface area (Å²) in [6, 6.07) is 8.15. The molecule has 2 aromatic rings. The summed E-state index contributed by atoms with van der Waals surface area (Å²) < 4.78 is 4.98. The number of hydrazone groups is 1. The molecule has 0 unspecified atom stereocenters. The van der Waals surface area contributed by atoms with Gasteiger partial charge in [-0.25, -0.2) is 5.43 Å². The topological polar surface area (TPSA) is 115 Å². The first-order valence-corrected chi connectivity index (χ1v) is 5.82. The molecule has 1 heterocycles. The number of ether oxygens (including phenoxy) is 1. The van der Waals surface area contributed by atoms with Crippen molar-refractivity contribution in [2.45, 2.75) is 0 Å². The summed E-state index contributed by atoms with van der Waals surface area (Å²) in [6.45, 7) is 0. The van der Waals surface area contributed by atoms with E-state index < -0.39 is 0 Å². The Bertz CT molecular complexity index is 635. The van der Waals surface area contributed by atoms with Crippen molar-refractivity contribution in [2.75, 3.05) is 7.11 Å². The number of hydrogen-bond donors (Lipinski definition) is 2. The fourth-order valence-corrected chi connectivity index (χ4v) is 1.54. The minimum Gasteiger partial charge on any atom is -0.504 e. The van der Waals surface area contributed by atoms with E-state index in [4.69, 9.17) is 4.74 Å². The van der Waals surface area contributed by atoms with E-state index in [9.17, 15) is 9.90 Å². The van der Waals surface area contributed by atoms with Crippen LogP contribution in [-0.2, 0) is 17.1 Å². The number of benzene rings is 1. The van der Waals surface area contributed by atoms with Crippen LogP contribution in [0.25, 0.3) is 0 Å². The monoisotopic (exact) mass is 344 g/mol. The van der Waals surface area contributed by atoms with Crippen LogP contribution in [0, 0.1) is 0 Å². The number of nitrogens with one attached hydrogen (secondary N) is 1. The van der Waals surface area contributed by atoms with Crippen LogP contribution in [0.2, 0.25) is 0 Å². The molecule has 0 fully saturated rings. The minimum absolute atomic E-state index is 0. The van der Waals surface area contributed by atoms with Gasteiger partial charge < -0.3 is 15.3 Å². The number of phenols is 1. The third-order valence-corrected chi connectivity index (χ3v) is 2.56. The van der Waals surface area contributed by atoms with E-state index >= 15 is 0 Å². The van der Waals surface area contributed by atoms with E-state index in [-0.39, 0.29) is 34.2 Å². The van der Waals surface area contributed by atoms with E-state index in [1.165, 1.54) is 25.7 Å². The van der Waals surface area contributed by atoms with E-state index in [0.717, 1.165) is 0 Å². The van der Waals surface area contributed by atoms with Gasteiger partial charge in [-0.3, -0.25) is 9.78 Å². The Morgan fingerprint density at radius 1 is 1.32 bits per heavy atom. The van der Waals surface area contributed by atoms with Crippen LogP contribution in [0.4, 0.5) is 0 Å². The Labute approximate surface area is 137 Å². The third-order valence-electron chi connectivity index (χ3n) is 2.56. The maximum Gasteiger partial charge on any atom is 0.271 e. The summed E-state index contributed by atoms with van der Waals surface area (Å²) in [7, 11) is 1.46. The van der Waals surface area contributed by atoms with E-state index in [1.54, 1.807) is 30.3 Å². The number of amides is 1. The molecule has 0 spiro atoms. The number of methoxy groups -OCH3 is 1. The molecule has 117 valence electrons. The van der Waals surface area contributed by atoms with Gasteiger partial charge in [-0.2, -0.15) is 5.10 Å². The molecule has 1 radical (unpaired) electrons. The van der Waals surface area contributed by atoms with Gasteiger partial charge in [0.15, 0.2) is 11.5 Å². The van der Waals surface area contributed by atoms with Gasteiger partial charge in [0.2, 0.25) is 0 Å². The van der Waals surface area contributed by atoms with Crippen molar-refractivity contribution in [2.24, 2.45) is 5.10 Å². The summed E-state index contributed by atoms with van der Waals surface area (Å²) in [5.41, 5.74) is 3.26. The number of hydrogen-bond acceptors (Lipinski definition) is 5. The second-order valence-corrected chi connectivity index (χ2v) is 3.83. The Kier molecular flexibility index (Phi) is 8.47. The van der Waals surface area contributed by atoms with Gasteiger partial charge in [-0.1, -0.05) is 6.07 Å².